The Morgan fingerprint density at radius 1 is 0.410 bits per heavy atom. The quantitative estimate of drug-likeness (QED) is 0.0626. The van der Waals surface area contributed by atoms with Gasteiger partial charge in [0.1, 0.15) is 50.3 Å². The second-order valence-corrected chi connectivity index (χ2v) is 25.7. The van der Waals surface area contributed by atoms with Crippen LogP contribution >= 0.6 is 0 Å². The highest BCUT2D eigenvalue weighted by Gasteiger charge is 2.57. The van der Waals surface area contributed by atoms with Gasteiger partial charge in [0.25, 0.3) is 0 Å². The lowest BCUT2D eigenvalue weighted by atomic mass is 9.65. The maximum absolute atomic E-state index is 12.2. The molecule has 0 amide bonds. The second-order valence-electron chi connectivity index (χ2n) is 25.7. The average molecular weight is 1100 g/mol. The molecule has 0 aromatic rings. The van der Waals surface area contributed by atoms with E-state index in [-0.39, 0.29) is 97.9 Å². The van der Waals surface area contributed by atoms with Crippen LogP contribution in [-0.4, -0.2) is 135 Å². The molecule has 78 heavy (non-hydrogen) atoms. The molecular formula is C58H86O20. The zero-order chi connectivity index (χ0) is 56.8. The van der Waals surface area contributed by atoms with Crippen molar-refractivity contribution < 1.29 is 95.3 Å². The Balaban J connectivity index is 0.000000170. The van der Waals surface area contributed by atoms with Gasteiger partial charge in [-0.05, 0) is 149 Å². The highest BCUT2D eigenvalue weighted by Crippen LogP contribution is 2.54. The Morgan fingerprint density at radius 2 is 0.769 bits per heavy atom. The fourth-order valence-electron chi connectivity index (χ4n) is 13.1. The molecule has 0 radical (unpaired) electrons. The minimum absolute atomic E-state index is 0.00956. The van der Waals surface area contributed by atoms with E-state index < -0.39 is 64.5 Å². The van der Waals surface area contributed by atoms with Crippen molar-refractivity contribution >= 4 is 53.7 Å². The zero-order valence-electron chi connectivity index (χ0n) is 47.5. The lowest BCUT2D eigenvalue weighted by Crippen LogP contribution is -2.48. The predicted octanol–water partition coefficient (Wildman–Crippen LogP) is 7.18. The fourth-order valence-corrected chi connectivity index (χ4v) is 13.1. The van der Waals surface area contributed by atoms with Gasteiger partial charge in [0.15, 0.2) is 13.2 Å². The molecule has 6 aliphatic heterocycles. The smallest absolute Gasteiger partial charge is 0.344 e. The highest BCUT2D eigenvalue weighted by atomic mass is 16.6. The van der Waals surface area contributed by atoms with Crippen LogP contribution in [-0.2, 0) is 95.3 Å². The van der Waals surface area contributed by atoms with Crippen LogP contribution in [0.3, 0.4) is 0 Å². The molecule has 12 atom stereocenters. The first kappa shape index (κ1) is 60.8. The van der Waals surface area contributed by atoms with Gasteiger partial charge < -0.3 is 52.1 Å². The number of carbonyl (C=O) groups is 9. The lowest BCUT2D eigenvalue weighted by molar-refractivity contribution is -0.183. The van der Waals surface area contributed by atoms with E-state index in [4.69, 9.17) is 52.1 Å². The Morgan fingerprint density at radius 3 is 1.23 bits per heavy atom. The molecule has 12 unspecified atom stereocenters. The molecule has 0 aromatic carbocycles. The maximum atomic E-state index is 12.2. The van der Waals surface area contributed by atoms with E-state index in [2.05, 4.69) is 0 Å². The molecule has 6 saturated heterocycles. The number of hydrogen-bond donors (Lipinski definition) is 0. The van der Waals surface area contributed by atoms with Gasteiger partial charge in [0, 0.05) is 25.7 Å². The van der Waals surface area contributed by atoms with E-state index in [0.717, 1.165) is 70.6 Å². The van der Waals surface area contributed by atoms with E-state index in [0.29, 0.717) is 69.3 Å². The van der Waals surface area contributed by atoms with Crippen molar-refractivity contribution in [2.75, 3.05) is 46.2 Å². The summed E-state index contributed by atoms with van der Waals surface area (Å²) in [5, 5.41) is 0. The summed E-state index contributed by atoms with van der Waals surface area (Å²) in [6.45, 7) is 16.1. The number of ether oxygens (including phenoxy) is 11. The molecule has 6 heterocycles. The Hall–Kier alpha value is -4.85. The van der Waals surface area contributed by atoms with Crippen molar-refractivity contribution in [1.29, 1.82) is 0 Å². The normalized spacial score (nSPS) is 32.7. The van der Waals surface area contributed by atoms with E-state index in [1.54, 1.807) is 13.8 Å². The van der Waals surface area contributed by atoms with Gasteiger partial charge in [-0.25, -0.2) is 14.4 Å². The SMILES string of the molecule is CCC(C)(C)C(=O)OCC(=O)OCC(=O)OC12CC3CC(C1)OC(=O)C(C3)C2.CCC(C)(C)C(=O)OCCOC(=O)COC12CC3CC(C1)OC(=O)C(C3)C2.CCC(C)(C)C(=O)OCCOC12CC3CC(C1)OC(=O)C(C3)C2. The molecule has 12 rings (SSSR count). The first-order valence-electron chi connectivity index (χ1n) is 28.6. The first-order chi connectivity index (χ1) is 36.7. The van der Waals surface area contributed by atoms with Crippen molar-refractivity contribution in [3.63, 3.8) is 0 Å². The molecule has 438 valence electrons. The van der Waals surface area contributed by atoms with Gasteiger partial charge >= 0.3 is 53.7 Å². The van der Waals surface area contributed by atoms with Crippen molar-refractivity contribution in [3.05, 3.63) is 0 Å². The zero-order valence-corrected chi connectivity index (χ0v) is 47.5. The molecule has 20 nitrogen and oxygen atoms in total. The van der Waals surface area contributed by atoms with Gasteiger partial charge in [-0.1, -0.05) is 20.8 Å². The van der Waals surface area contributed by atoms with Gasteiger partial charge in [-0.3, -0.25) is 28.8 Å². The molecule has 6 saturated carbocycles. The van der Waals surface area contributed by atoms with Crippen molar-refractivity contribution in [2.24, 2.45) is 51.8 Å². The Labute approximate surface area is 458 Å². The Bertz CT molecular complexity index is 2240. The van der Waals surface area contributed by atoms with Crippen molar-refractivity contribution in [2.45, 2.75) is 213 Å². The Kier molecular flexibility index (Phi) is 19.4. The number of carbonyl (C=O) groups excluding carboxylic acids is 9. The largest absolute Gasteiger partial charge is 0.463 e. The van der Waals surface area contributed by atoms with Gasteiger partial charge in [0.2, 0.25) is 0 Å². The van der Waals surface area contributed by atoms with E-state index in [1.807, 2.05) is 48.5 Å². The standard InChI is InChI=1S/C20H28O8.C20H30O7.C18H28O5/c1-4-19(2,3)18(24)26-10-15(21)25-11-16(22)28-20-7-12-5-13(8-20)17(23)27-14(6-12)9-20;1-4-19(2,3)18(23)25-6-5-24-16(21)12-26-20-9-13-7-14(10-20)17(22)27-15(8-13)11-20;1-4-17(2,3)16(20)21-5-6-22-18-9-12-7-13(10-18)15(19)23-14(8-12)11-18/h12-14H,4-11H2,1-3H3;13-15H,4-12H2,1-3H3;12-14H,4-11H2,1-3H3. The predicted molar refractivity (Wildman–Crippen MR) is 273 cm³/mol. The highest BCUT2D eigenvalue weighted by molar-refractivity contribution is 5.82. The summed E-state index contributed by atoms with van der Waals surface area (Å²) in [4.78, 5) is 108. The van der Waals surface area contributed by atoms with Crippen LogP contribution in [0.5, 0.6) is 0 Å². The van der Waals surface area contributed by atoms with Crippen LogP contribution in [0.15, 0.2) is 0 Å². The molecule has 12 fully saturated rings. The fraction of sp³-hybridized carbons (Fsp3) is 0.845. The number of fused-ring (bicyclic) bond motifs is 3. The monoisotopic (exact) mass is 1100 g/mol. The summed E-state index contributed by atoms with van der Waals surface area (Å²) >= 11 is 0. The first-order valence-corrected chi connectivity index (χ1v) is 28.6. The molecule has 6 aliphatic carbocycles. The third-order valence-electron chi connectivity index (χ3n) is 18.2. The molecule has 12 aliphatic rings. The summed E-state index contributed by atoms with van der Waals surface area (Å²) in [5.74, 6) is -2.39. The molecule has 0 spiro atoms. The topological polar surface area (TPSA) is 255 Å². The van der Waals surface area contributed by atoms with Crippen LogP contribution in [0.1, 0.15) is 178 Å². The maximum Gasteiger partial charge on any atom is 0.344 e. The summed E-state index contributed by atoms with van der Waals surface area (Å²) < 4.78 is 59.8. The summed E-state index contributed by atoms with van der Waals surface area (Å²) in [6.07, 6.45) is 13.4. The molecule has 0 aromatic heterocycles. The second kappa shape index (κ2) is 24.9. The third-order valence-corrected chi connectivity index (χ3v) is 18.2. The van der Waals surface area contributed by atoms with Crippen LogP contribution in [0.4, 0.5) is 0 Å². The number of hydrogen-bond acceptors (Lipinski definition) is 20. The third kappa shape index (κ3) is 15.3. The molecule has 12 bridgehead atoms. The summed E-state index contributed by atoms with van der Waals surface area (Å²) in [5.41, 5.74) is -3.10. The van der Waals surface area contributed by atoms with E-state index >= 15 is 0 Å². The van der Waals surface area contributed by atoms with Crippen molar-refractivity contribution in [3.8, 4) is 0 Å². The summed E-state index contributed by atoms with van der Waals surface area (Å²) in [6, 6.07) is 0. The molecule has 20 heteroatoms. The van der Waals surface area contributed by atoms with E-state index in [9.17, 15) is 43.2 Å². The minimum atomic E-state index is -0.807. The van der Waals surface area contributed by atoms with E-state index in [1.165, 1.54) is 0 Å². The van der Waals surface area contributed by atoms with Crippen LogP contribution in [0, 0.1) is 51.8 Å². The molecular weight excluding hydrogens is 1020 g/mol. The average Bonchev–Trinajstić information content (AvgIpc) is 3.84. The summed E-state index contributed by atoms with van der Waals surface area (Å²) in [7, 11) is 0. The van der Waals surface area contributed by atoms with Gasteiger partial charge in [-0.15, -0.1) is 0 Å². The van der Waals surface area contributed by atoms with Gasteiger partial charge in [0.05, 0.1) is 51.8 Å². The van der Waals surface area contributed by atoms with Crippen LogP contribution in [0.25, 0.3) is 0 Å². The lowest BCUT2D eigenvalue weighted by Gasteiger charge is -2.46. The van der Waals surface area contributed by atoms with Gasteiger partial charge in [-0.2, -0.15) is 0 Å². The number of rotatable bonds is 21. The molecule has 0 N–H and O–H groups in total. The number of esters is 9. The minimum Gasteiger partial charge on any atom is -0.463 e. The van der Waals surface area contributed by atoms with Crippen LogP contribution < -0.4 is 0 Å². The van der Waals surface area contributed by atoms with Crippen molar-refractivity contribution in [1.82, 2.24) is 0 Å². The van der Waals surface area contributed by atoms with Crippen LogP contribution in [0.2, 0.25) is 0 Å².